The fourth-order valence-electron chi connectivity index (χ4n) is 3.53. The molecule has 0 aliphatic heterocycles. The van der Waals surface area contributed by atoms with E-state index in [0.29, 0.717) is 11.5 Å². The predicted molar refractivity (Wildman–Crippen MR) is 131 cm³/mol. The first-order chi connectivity index (χ1) is 16.2. The molecule has 8 heteroatoms. The monoisotopic (exact) mass is 482 g/mol. The Morgan fingerprint density at radius 2 is 1.59 bits per heavy atom. The van der Waals surface area contributed by atoms with Crippen molar-refractivity contribution < 1.29 is 22.7 Å². The summed E-state index contributed by atoms with van der Waals surface area (Å²) in [5.41, 5.74) is 2.55. The average molecular weight is 483 g/mol. The van der Waals surface area contributed by atoms with E-state index in [-0.39, 0.29) is 24.0 Å². The van der Waals surface area contributed by atoms with E-state index < -0.39 is 15.9 Å². The van der Waals surface area contributed by atoms with Crippen molar-refractivity contribution >= 4 is 15.9 Å². The van der Waals surface area contributed by atoms with Gasteiger partial charge in [-0.2, -0.15) is 4.31 Å². The molecule has 0 heterocycles. The highest BCUT2D eigenvalue weighted by atomic mass is 32.2. The fourth-order valence-corrected chi connectivity index (χ4v) is 4.91. The molecule has 0 aliphatic rings. The SMILES string of the molecule is COc1ccc([C@H](C)NC(=O)CN(Cc2ccccc2)S(=O)(=O)c2ccc(C)cc2)cc1OC. The van der Waals surface area contributed by atoms with Crippen LogP contribution in [0, 0.1) is 6.92 Å². The zero-order chi connectivity index (χ0) is 24.7. The Bertz CT molecular complexity index is 1210. The number of carbonyl (C=O) groups excluding carboxylic acids is 1. The number of methoxy groups -OCH3 is 2. The first-order valence-electron chi connectivity index (χ1n) is 10.9. The second-order valence-electron chi connectivity index (χ2n) is 7.98. The van der Waals surface area contributed by atoms with Gasteiger partial charge in [-0.05, 0) is 49.2 Å². The maximum Gasteiger partial charge on any atom is 0.243 e. The van der Waals surface area contributed by atoms with Gasteiger partial charge in [-0.3, -0.25) is 4.79 Å². The molecular weight excluding hydrogens is 452 g/mol. The lowest BCUT2D eigenvalue weighted by Gasteiger charge is -2.23. The van der Waals surface area contributed by atoms with Gasteiger partial charge in [0.25, 0.3) is 0 Å². The van der Waals surface area contributed by atoms with Crippen LogP contribution in [0.4, 0.5) is 0 Å². The molecule has 1 N–H and O–H groups in total. The number of carbonyl (C=O) groups is 1. The standard InChI is InChI=1S/C26H30N2O5S/c1-19-10-13-23(14-11-19)34(30,31)28(17-21-8-6-5-7-9-21)18-26(29)27-20(2)22-12-15-24(32-3)25(16-22)33-4/h5-16,20H,17-18H2,1-4H3,(H,27,29)/t20-/m0/s1. The average Bonchev–Trinajstić information content (AvgIpc) is 2.84. The number of hydrogen-bond donors (Lipinski definition) is 1. The summed E-state index contributed by atoms with van der Waals surface area (Å²) in [6.45, 7) is 3.48. The number of benzene rings is 3. The van der Waals surface area contributed by atoms with Crippen molar-refractivity contribution in [3.63, 3.8) is 0 Å². The first kappa shape index (κ1) is 25.3. The number of rotatable bonds is 10. The maximum absolute atomic E-state index is 13.4. The van der Waals surface area contributed by atoms with Crippen molar-refractivity contribution in [3.8, 4) is 11.5 Å². The lowest BCUT2D eigenvalue weighted by molar-refractivity contribution is -0.122. The smallest absolute Gasteiger partial charge is 0.243 e. The highest BCUT2D eigenvalue weighted by Gasteiger charge is 2.27. The third kappa shape index (κ3) is 6.15. The van der Waals surface area contributed by atoms with E-state index >= 15 is 0 Å². The normalized spacial score (nSPS) is 12.3. The lowest BCUT2D eigenvalue weighted by atomic mass is 10.1. The van der Waals surface area contributed by atoms with Crippen LogP contribution in [0.3, 0.4) is 0 Å². The van der Waals surface area contributed by atoms with Crippen LogP contribution >= 0.6 is 0 Å². The summed E-state index contributed by atoms with van der Waals surface area (Å²) in [6, 6.07) is 20.8. The molecule has 0 aromatic heterocycles. The van der Waals surface area contributed by atoms with E-state index in [1.165, 1.54) is 4.31 Å². The van der Waals surface area contributed by atoms with Crippen molar-refractivity contribution in [2.45, 2.75) is 31.3 Å². The number of aryl methyl sites for hydroxylation is 1. The highest BCUT2D eigenvalue weighted by molar-refractivity contribution is 7.89. The molecule has 0 unspecified atom stereocenters. The number of ether oxygens (including phenoxy) is 2. The summed E-state index contributed by atoms with van der Waals surface area (Å²) in [7, 11) is -0.797. The van der Waals surface area contributed by atoms with Crippen molar-refractivity contribution in [1.29, 1.82) is 0 Å². The van der Waals surface area contributed by atoms with Gasteiger partial charge in [0.2, 0.25) is 15.9 Å². The third-order valence-electron chi connectivity index (χ3n) is 5.47. The molecule has 180 valence electrons. The minimum Gasteiger partial charge on any atom is -0.493 e. The summed E-state index contributed by atoms with van der Waals surface area (Å²) in [5, 5.41) is 2.89. The van der Waals surface area contributed by atoms with Gasteiger partial charge in [0.1, 0.15) is 0 Å². The lowest BCUT2D eigenvalue weighted by Crippen LogP contribution is -2.41. The van der Waals surface area contributed by atoms with Gasteiger partial charge < -0.3 is 14.8 Å². The van der Waals surface area contributed by atoms with Crippen molar-refractivity contribution in [2.24, 2.45) is 0 Å². The van der Waals surface area contributed by atoms with E-state index in [1.807, 2.05) is 50.2 Å². The summed E-state index contributed by atoms with van der Waals surface area (Å²) in [6.07, 6.45) is 0. The predicted octanol–water partition coefficient (Wildman–Crippen LogP) is 4.08. The largest absolute Gasteiger partial charge is 0.493 e. The minimum absolute atomic E-state index is 0.0786. The molecular formula is C26H30N2O5S. The summed E-state index contributed by atoms with van der Waals surface area (Å²) in [4.78, 5) is 13.1. The highest BCUT2D eigenvalue weighted by Crippen LogP contribution is 2.30. The van der Waals surface area contributed by atoms with Crippen LogP contribution in [0.5, 0.6) is 11.5 Å². The Hall–Kier alpha value is -3.36. The Morgan fingerprint density at radius 3 is 2.21 bits per heavy atom. The second kappa shape index (κ2) is 11.2. The van der Waals surface area contributed by atoms with Crippen molar-refractivity contribution in [1.82, 2.24) is 9.62 Å². The van der Waals surface area contributed by atoms with Crippen LogP contribution in [0.15, 0.2) is 77.7 Å². The van der Waals surface area contributed by atoms with Gasteiger partial charge in [-0.15, -0.1) is 0 Å². The number of nitrogens with one attached hydrogen (secondary N) is 1. The zero-order valence-electron chi connectivity index (χ0n) is 19.8. The van der Waals surface area contributed by atoms with Crippen molar-refractivity contribution in [3.05, 3.63) is 89.5 Å². The molecule has 0 fully saturated rings. The van der Waals surface area contributed by atoms with Crippen LogP contribution < -0.4 is 14.8 Å². The number of hydrogen-bond acceptors (Lipinski definition) is 5. The van der Waals surface area contributed by atoms with Crippen LogP contribution in [0.1, 0.15) is 29.7 Å². The molecule has 0 bridgehead atoms. The molecule has 0 radical (unpaired) electrons. The van der Waals surface area contributed by atoms with Crippen molar-refractivity contribution in [2.75, 3.05) is 20.8 Å². The van der Waals surface area contributed by atoms with Gasteiger partial charge in [-0.25, -0.2) is 8.42 Å². The zero-order valence-corrected chi connectivity index (χ0v) is 20.6. The molecule has 1 atom stereocenters. The van der Waals surface area contributed by atoms with Gasteiger partial charge in [0.05, 0.1) is 31.7 Å². The van der Waals surface area contributed by atoms with Crippen LogP contribution in [-0.4, -0.2) is 39.4 Å². The van der Waals surface area contributed by atoms with Crippen LogP contribution in [0.25, 0.3) is 0 Å². The third-order valence-corrected chi connectivity index (χ3v) is 7.27. The van der Waals surface area contributed by atoms with E-state index in [1.54, 1.807) is 50.6 Å². The molecule has 1 amide bonds. The molecule has 3 rings (SSSR count). The number of nitrogens with zero attached hydrogens (tertiary/aromatic N) is 1. The molecule has 0 aliphatic carbocycles. The molecule has 0 saturated heterocycles. The van der Waals surface area contributed by atoms with Gasteiger partial charge in [-0.1, -0.05) is 54.1 Å². The molecule has 34 heavy (non-hydrogen) atoms. The number of sulfonamides is 1. The van der Waals surface area contributed by atoms with Crippen LogP contribution in [-0.2, 0) is 21.4 Å². The quantitative estimate of drug-likeness (QED) is 0.471. The first-order valence-corrected chi connectivity index (χ1v) is 12.3. The minimum atomic E-state index is -3.90. The number of amides is 1. The van der Waals surface area contributed by atoms with Gasteiger partial charge in [0.15, 0.2) is 11.5 Å². The maximum atomic E-state index is 13.4. The Kier molecular flexibility index (Phi) is 8.31. The van der Waals surface area contributed by atoms with Gasteiger partial charge in [0, 0.05) is 6.54 Å². The Labute approximate surface area is 201 Å². The van der Waals surface area contributed by atoms with E-state index in [4.69, 9.17) is 9.47 Å². The Balaban J connectivity index is 1.81. The van der Waals surface area contributed by atoms with E-state index in [0.717, 1.165) is 16.7 Å². The van der Waals surface area contributed by atoms with Crippen LogP contribution in [0.2, 0.25) is 0 Å². The fraction of sp³-hybridized carbons (Fsp3) is 0.269. The second-order valence-corrected chi connectivity index (χ2v) is 9.91. The molecule has 7 nitrogen and oxygen atoms in total. The molecule has 3 aromatic carbocycles. The van der Waals surface area contributed by atoms with E-state index in [9.17, 15) is 13.2 Å². The summed E-state index contributed by atoms with van der Waals surface area (Å²) >= 11 is 0. The summed E-state index contributed by atoms with van der Waals surface area (Å²) in [5.74, 6) is 0.727. The molecule has 0 spiro atoms. The molecule has 3 aromatic rings. The summed E-state index contributed by atoms with van der Waals surface area (Å²) < 4.78 is 38.6. The molecule has 0 saturated carbocycles. The Morgan fingerprint density at radius 1 is 0.941 bits per heavy atom. The topological polar surface area (TPSA) is 84.9 Å². The van der Waals surface area contributed by atoms with E-state index in [2.05, 4.69) is 5.32 Å². The van der Waals surface area contributed by atoms with Gasteiger partial charge >= 0.3 is 0 Å².